The molecule has 8 heteroatoms. The van der Waals surface area contributed by atoms with Crippen molar-refractivity contribution >= 4 is 17.4 Å². The number of alkyl halides is 3. The Labute approximate surface area is 112 Å². The van der Waals surface area contributed by atoms with Gasteiger partial charge >= 0.3 is 6.18 Å². The van der Waals surface area contributed by atoms with E-state index in [1.165, 1.54) is 13.8 Å². The van der Waals surface area contributed by atoms with Crippen LogP contribution in [0, 0.1) is 0 Å². The molecule has 0 saturated carbocycles. The summed E-state index contributed by atoms with van der Waals surface area (Å²) in [4.78, 5) is 26.8. The van der Waals surface area contributed by atoms with E-state index in [-0.39, 0.29) is 17.2 Å². The first-order chi connectivity index (χ1) is 9.12. The molecular weight excluding hydrogens is 277 g/mol. The van der Waals surface area contributed by atoms with Crippen LogP contribution in [0.1, 0.15) is 29.8 Å². The second kappa shape index (κ2) is 5.72. The van der Waals surface area contributed by atoms with Gasteiger partial charge in [-0.15, -0.1) is 0 Å². The first-order valence-corrected chi connectivity index (χ1v) is 5.36. The van der Waals surface area contributed by atoms with Crippen molar-refractivity contribution in [2.75, 3.05) is 0 Å². The van der Waals surface area contributed by atoms with Gasteiger partial charge in [0.2, 0.25) is 0 Å². The van der Waals surface area contributed by atoms with Gasteiger partial charge in [-0.1, -0.05) is 5.16 Å². The van der Waals surface area contributed by atoms with Crippen LogP contribution >= 0.6 is 0 Å². The van der Waals surface area contributed by atoms with Crippen molar-refractivity contribution in [2.45, 2.75) is 20.0 Å². The topological polar surface area (TPSA) is 81.8 Å². The van der Waals surface area contributed by atoms with Crippen molar-refractivity contribution in [1.82, 2.24) is 0 Å². The summed E-state index contributed by atoms with van der Waals surface area (Å²) < 4.78 is 37.6. The van der Waals surface area contributed by atoms with Crippen LogP contribution in [0.4, 0.5) is 13.2 Å². The molecule has 5 nitrogen and oxygen atoms in total. The van der Waals surface area contributed by atoms with Gasteiger partial charge in [-0.05, 0) is 25.1 Å². The second-order valence-electron chi connectivity index (χ2n) is 3.90. The minimum absolute atomic E-state index is 0.000295. The summed E-state index contributed by atoms with van der Waals surface area (Å²) in [6.45, 7) is 2.60. The monoisotopic (exact) mass is 288 g/mol. The number of primary amides is 1. The standard InChI is InChI=1S/C12H11F3N2O3/c1-6(7(2)18)17-20-10-4-3-8(12(13,14)15)5-9(10)11(16)19/h3-5H,1-2H3,(H2,16,19)/b17-6+. The van der Waals surface area contributed by atoms with E-state index in [9.17, 15) is 22.8 Å². The number of carbonyl (C=O) groups is 2. The summed E-state index contributed by atoms with van der Waals surface area (Å²) in [6.07, 6.45) is -4.61. The lowest BCUT2D eigenvalue weighted by Gasteiger charge is -2.10. The van der Waals surface area contributed by atoms with Crippen LogP contribution in [0.2, 0.25) is 0 Å². The number of carbonyl (C=O) groups excluding carboxylic acids is 2. The molecule has 0 aliphatic heterocycles. The molecule has 0 aromatic heterocycles. The first-order valence-electron chi connectivity index (χ1n) is 5.36. The highest BCUT2D eigenvalue weighted by Gasteiger charge is 2.31. The number of oxime groups is 1. The maximum absolute atomic E-state index is 12.5. The fourth-order valence-corrected chi connectivity index (χ4v) is 1.16. The van der Waals surface area contributed by atoms with E-state index in [0.29, 0.717) is 6.07 Å². The summed E-state index contributed by atoms with van der Waals surface area (Å²) in [7, 11) is 0. The van der Waals surface area contributed by atoms with Crippen LogP contribution in [0.25, 0.3) is 0 Å². The normalized spacial score (nSPS) is 12.2. The SMILES string of the molecule is CC(=O)/C(C)=N/Oc1ccc(C(F)(F)F)cc1C(N)=O. The van der Waals surface area contributed by atoms with Crippen molar-refractivity contribution < 1.29 is 27.6 Å². The van der Waals surface area contributed by atoms with Crippen LogP contribution in [-0.4, -0.2) is 17.4 Å². The Hall–Kier alpha value is -2.38. The van der Waals surface area contributed by atoms with E-state index in [1.54, 1.807) is 0 Å². The van der Waals surface area contributed by atoms with Crippen molar-refractivity contribution in [3.8, 4) is 5.75 Å². The molecule has 0 saturated heterocycles. The molecule has 2 N–H and O–H groups in total. The highest BCUT2D eigenvalue weighted by atomic mass is 19.4. The molecular formula is C12H11F3N2O3. The van der Waals surface area contributed by atoms with Crippen LogP contribution in [-0.2, 0) is 11.0 Å². The lowest BCUT2D eigenvalue weighted by atomic mass is 10.1. The van der Waals surface area contributed by atoms with Crippen LogP contribution < -0.4 is 10.6 Å². The number of amides is 1. The van der Waals surface area contributed by atoms with Crippen LogP contribution in [0.3, 0.4) is 0 Å². The fraction of sp³-hybridized carbons (Fsp3) is 0.250. The zero-order valence-electron chi connectivity index (χ0n) is 10.6. The van der Waals surface area contributed by atoms with Gasteiger partial charge in [-0.2, -0.15) is 13.2 Å². The molecule has 1 rings (SSSR count). The van der Waals surface area contributed by atoms with Gasteiger partial charge in [0, 0.05) is 6.92 Å². The van der Waals surface area contributed by atoms with E-state index >= 15 is 0 Å². The van der Waals surface area contributed by atoms with Gasteiger partial charge in [0.05, 0.1) is 11.1 Å². The van der Waals surface area contributed by atoms with Gasteiger partial charge in [0.25, 0.3) is 5.91 Å². The molecule has 20 heavy (non-hydrogen) atoms. The van der Waals surface area contributed by atoms with Gasteiger partial charge in [0.15, 0.2) is 11.5 Å². The largest absolute Gasteiger partial charge is 0.416 e. The molecule has 0 unspecified atom stereocenters. The molecule has 0 atom stereocenters. The zero-order valence-corrected chi connectivity index (χ0v) is 10.6. The van der Waals surface area contributed by atoms with Gasteiger partial charge in [-0.25, -0.2) is 0 Å². The lowest BCUT2D eigenvalue weighted by Crippen LogP contribution is -2.15. The molecule has 0 spiro atoms. The summed E-state index contributed by atoms with van der Waals surface area (Å²) in [6, 6.07) is 2.20. The highest BCUT2D eigenvalue weighted by Crippen LogP contribution is 2.32. The lowest BCUT2D eigenvalue weighted by molar-refractivity contribution is -0.137. The number of halogens is 3. The van der Waals surface area contributed by atoms with Crippen molar-refractivity contribution in [3.05, 3.63) is 29.3 Å². The quantitative estimate of drug-likeness (QED) is 0.680. The summed E-state index contributed by atoms with van der Waals surface area (Å²) in [5.41, 5.74) is 3.48. The molecule has 1 amide bonds. The Bertz CT molecular complexity index is 580. The first kappa shape index (κ1) is 15.7. The third-order valence-corrected chi connectivity index (χ3v) is 2.36. The fourth-order valence-electron chi connectivity index (χ4n) is 1.16. The van der Waals surface area contributed by atoms with Gasteiger partial charge in [-0.3, -0.25) is 9.59 Å². The number of hydrogen-bond acceptors (Lipinski definition) is 4. The predicted molar refractivity (Wildman–Crippen MR) is 64.4 cm³/mol. The smallest absolute Gasteiger partial charge is 0.365 e. The third-order valence-electron chi connectivity index (χ3n) is 2.36. The Morgan fingerprint density at radius 3 is 2.30 bits per heavy atom. The zero-order chi connectivity index (χ0) is 15.5. The van der Waals surface area contributed by atoms with Crippen molar-refractivity contribution in [2.24, 2.45) is 10.9 Å². The number of hydrogen-bond donors (Lipinski definition) is 1. The molecule has 0 radical (unpaired) electrons. The van der Waals surface area contributed by atoms with Gasteiger partial charge < -0.3 is 10.6 Å². The minimum Gasteiger partial charge on any atom is -0.365 e. The maximum Gasteiger partial charge on any atom is 0.416 e. The number of nitrogens with two attached hydrogens (primary N) is 1. The Morgan fingerprint density at radius 2 is 1.85 bits per heavy atom. The predicted octanol–water partition coefficient (Wildman–Crippen LogP) is 2.15. The molecule has 0 fully saturated rings. The summed E-state index contributed by atoms with van der Waals surface area (Å²) >= 11 is 0. The maximum atomic E-state index is 12.5. The van der Waals surface area contributed by atoms with E-state index in [2.05, 4.69) is 5.16 Å². The third kappa shape index (κ3) is 3.81. The molecule has 0 bridgehead atoms. The minimum atomic E-state index is -4.61. The van der Waals surface area contributed by atoms with Crippen molar-refractivity contribution in [3.63, 3.8) is 0 Å². The number of rotatable bonds is 4. The summed E-state index contributed by atoms with van der Waals surface area (Å²) in [5.74, 6) is -1.73. The van der Waals surface area contributed by atoms with E-state index < -0.39 is 23.2 Å². The van der Waals surface area contributed by atoms with E-state index in [0.717, 1.165) is 12.1 Å². The van der Waals surface area contributed by atoms with Gasteiger partial charge in [0.1, 0.15) is 5.71 Å². The number of benzene rings is 1. The van der Waals surface area contributed by atoms with E-state index in [4.69, 9.17) is 10.6 Å². The highest BCUT2D eigenvalue weighted by molar-refractivity contribution is 6.37. The molecule has 108 valence electrons. The van der Waals surface area contributed by atoms with E-state index in [1.807, 2.05) is 0 Å². The second-order valence-corrected chi connectivity index (χ2v) is 3.90. The Balaban J connectivity index is 3.18. The molecule has 1 aromatic rings. The number of Topliss-reactive ketones (excluding diaryl/α,β-unsaturated/α-hetero) is 1. The number of ketones is 1. The Morgan fingerprint density at radius 1 is 1.25 bits per heavy atom. The number of nitrogens with zero attached hydrogens (tertiary/aromatic N) is 1. The summed E-state index contributed by atoms with van der Waals surface area (Å²) in [5, 5.41) is 3.41. The average molecular weight is 288 g/mol. The van der Waals surface area contributed by atoms with Crippen molar-refractivity contribution in [1.29, 1.82) is 0 Å². The molecule has 1 aromatic carbocycles. The average Bonchev–Trinajstić information content (AvgIpc) is 2.34. The van der Waals surface area contributed by atoms with Crippen LogP contribution in [0.15, 0.2) is 23.4 Å². The molecule has 0 heterocycles. The van der Waals surface area contributed by atoms with Crippen LogP contribution in [0.5, 0.6) is 5.75 Å². The molecule has 0 aliphatic carbocycles. The Kier molecular flexibility index (Phi) is 4.49. The molecule has 0 aliphatic rings.